The highest BCUT2D eigenvalue weighted by Gasteiger charge is 2.32. The topological polar surface area (TPSA) is 40.5 Å². The molecule has 1 saturated carbocycles. The molecule has 0 unspecified atom stereocenters. The Morgan fingerprint density at radius 1 is 1.40 bits per heavy atom. The van der Waals surface area contributed by atoms with Crippen LogP contribution in [-0.4, -0.2) is 35.1 Å². The molecule has 4 heteroatoms. The fourth-order valence-corrected chi connectivity index (χ4v) is 2.61. The lowest BCUT2D eigenvalue weighted by Crippen LogP contribution is -2.41. The van der Waals surface area contributed by atoms with Crippen molar-refractivity contribution in [3.8, 4) is 0 Å². The third-order valence-corrected chi connectivity index (χ3v) is 3.75. The quantitative estimate of drug-likeness (QED) is 0.859. The van der Waals surface area contributed by atoms with Crippen LogP contribution in [0.1, 0.15) is 31.2 Å². The van der Waals surface area contributed by atoms with Gasteiger partial charge in [0.2, 0.25) is 5.91 Å². The van der Waals surface area contributed by atoms with Gasteiger partial charge in [0.05, 0.1) is 5.60 Å². The Morgan fingerprint density at radius 2 is 2.05 bits per heavy atom. The molecule has 1 aliphatic carbocycles. The van der Waals surface area contributed by atoms with Gasteiger partial charge in [-0.05, 0) is 25.0 Å². The predicted octanol–water partition coefficient (Wildman–Crippen LogP) is 2.60. The molecule has 0 aromatic heterocycles. The van der Waals surface area contributed by atoms with Crippen LogP contribution in [0.3, 0.4) is 0 Å². The summed E-state index contributed by atoms with van der Waals surface area (Å²) in [4.78, 5) is 13.5. The van der Waals surface area contributed by atoms with Crippen LogP contribution in [0.15, 0.2) is 30.3 Å². The third kappa shape index (κ3) is 3.67. The minimum Gasteiger partial charge on any atom is -0.388 e. The van der Waals surface area contributed by atoms with Crippen molar-refractivity contribution in [2.45, 2.75) is 31.3 Å². The molecule has 0 spiro atoms. The van der Waals surface area contributed by atoms with Gasteiger partial charge in [-0.1, -0.05) is 31.0 Å². The zero-order valence-electron chi connectivity index (χ0n) is 11.7. The third-order valence-electron chi connectivity index (χ3n) is 3.75. The largest absolute Gasteiger partial charge is 0.388 e. The van der Waals surface area contributed by atoms with Gasteiger partial charge in [0.25, 0.3) is 0 Å². The highest BCUT2D eigenvalue weighted by Crippen LogP contribution is 2.29. The van der Waals surface area contributed by atoms with Crippen molar-refractivity contribution in [3.63, 3.8) is 0 Å². The summed E-state index contributed by atoms with van der Waals surface area (Å²) in [6.07, 6.45) is 6.29. The number of amides is 1. The predicted molar refractivity (Wildman–Crippen MR) is 76.5 cm³/mol. The van der Waals surface area contributed by atoms with Crippen molar-refractivity contribution in [1.29, 1.82) is 0 Å². The van der Waals surface area contributed by atoms with E-state index in [4.69, 9.17) is 0 Å². The molecule has 0 saturated heterocycles. The number of carbonyl (C=O) groups is 1. The number of hydrogen-bond acceptors (Lipinski definition) is 2. The summed E-state index contributed by atoms with van der Waals surface area (Å²) in [5, 5.41) is 10.3. The van der Waals surface area contributed by atoms with Crippen molar-refractivity contribution in [3.05, 3.63) is 41.7 Å². The Kier molecular flexibility index (Phi) is 4.55. The van der Waals surface area contributed by atoms with Crippen LogP contribution in [-0.2, 0) is 4.79 Å². The normalized spacial score (nSPS) is 17.6. The zero-order valence-corrected chi connectivity index (χ0v) is 11.7. The Bertz CT molecular complexity index is 507. The lowest BCUT2D eigenvalue weighted by molar-refractivity contribution is -0.127. The molecule has 1 aromatic carbocycles. The molecule has 20 heavy (non-hydrogen) atoms. The number of aliphatic hydroxyl groups is 1. The van der Waals surface area contributed by atoms with Crippen LogP contribution in [0.25, 0.3) is 6.08 Å². The second-order valence-electron chi connectivity index (χ2n) is 5.48. The average molecular weight is 277 g/mol. The van der Waals surface area contributed by atoms with E-state index in [0.717, 1.165) is 25.7 Å². The molecule has 0 heterocycles. The number of hydrogen-bond donors (Lipinski definition) is 1. The first-order chi connectivity index (χ1) is 9.50. The summed E-state index contributed by atoms with van der Waals surface area (Å²) < 4.78 is 13.4. The molecule has 0 aliphatic heterocycles. The molecule has 1 N–H and O–H groups in total. The highest BCUT2D eigenvalue weighted by molar-refractivity contribution is 5.91. The Balaban J connectivity index is 1.96. The van der Waals surface area contributed by atoms with E-state index >= 15 is 0 Å². The van der Waals surface area contributed by atoms with Crippen molar-refractivity contribution >= 4 is 12.0 Å². The van der Waals surface area contributed by atoms with E-state index in [-0.39, 0.29) is 11.7 Å². The number of benzene rings is 1. The number of halogens is 1. The molecule has 2 rings (SSSR count). The van der Waals surface area contributed by atoms with Crippen molar-refractivity contribution < 1.29 is 14.3 Å². The van der Waals surface area contributed by atoms with Gasteiger partial charge in [-0.3, -0.25) is 4.79 Å². The molecule has 0 radical (unpaired) electrons. The average Bonchev–Trinajstić information content (AvgIpc) is 2.84. The van der Waals surface area contributed by atoms with Crippen molar-refractivity contribution in [2.24, 2.45) is 0 Å². The summed E-state index contributed by atoms with van der Waals surface area (Å²) in [5.41, 5.74) is -0.371. The van der Waals surface area contributed by atoms with E-state index < -0.39 is 5.60 Å². The fourth-order valence-electron chi connectivity index (χ4n) is 2.61. The number of likely N-dealkylation sites (N-methyl/N-ethyl adjacent to an activating group) is 1. The van der Waals surface area contributed by atoms with Gasteiger partial charge >= 0.3 is 0 Å². The first kappa shape index (κ1) is 14.7. The standard InChI is InChI=1S/C16H20FNO2/c1-18(12-16(20)10-4-5-11-16)15(19)9-8-13-6-2-3-7-14(13)17/h2-3,6-9,20H,4-5,10-12H2,1H3/b9-8+. The molecule has 1 fully saturated rings. The highest BCUT2D eigenvalue weighted by atomic mass is 19.1. The van der Waals surface area contributed by atoms with Crippen molar-refractivity contribution in [1.82, 2.24) is 4.90 Å². The minimum atomic E-state index is -0.754. The number of carbonyl (C=O) groups excluding carboxylic acids is 1. The molecular formula is C16H20FNO2. The van der Waals surface area contributed by atoms with Gasteiger partial charge in [-0.15, -0.1) is 0 Å². The van der Waals surface area contributed by atoms with Gasteiger partial charge in [-0.25, -0.2) is 4.39 Å². The van der Waals surface area contributed by atoms with Gasteiger partial charge in [0, 0.05) is 25.2 Å². The van der Waals surface area contributed by atoms with Crippen LogP contribution in [0.2, 0.25) is 0 Å². The molecule has 3 nitrogen and oxygen atoms in total. The van der Waals surface area contributed by atoms with Gasteiger partial charge < -0.3 is 10.0 Å². The molecule has 1 amide bonds. The SMILES string of the molecule is CN(CC1(O)CCCC1)C(=O)/C=C/c1ccccc1F. The first-order valence-corrected chi connectivity index (χ1v) is 6.90. The molecule has 1 aliphatic rings. The maximum atomic E-state index is 13.4. The summed E-state index contributed by atoms with van der Waals surface area (Å²) in [6, 6.07) is 6.30. The van der Waals surface area contributed by atoms with E-state index in [2.05, 4.69) is 0 Å². The zero-order chi connectivity index (χ0) is 14.6. The van der Waals surface area contributed by atoms with Gasteiger partial charge in [0.15, 0.2) is 0 Å². The van der Waals surface area contributed by atoms with Crippen LogP contribution in [0.4, 0.5) is 4.39 Å². The van der Waals surface area contributed by atoms with E-state index in [1.807, 2.05) is 0 Å². The lowest BCUT2D eigenvalue weighted by atomic mass is 10.0. The molecule has 108 valence electrons. The maximum absolute atomic E-state index is 13.4. The second kappa shape index (κ2) is 6.18. The van der Waals surface area contributed by atoms with Gasteiger partial charge in [0.1, 0.15) is 5.82 Å². The van der Waals surface area contributed by atoms with Crippen LogP contribution < -0.4 is 0 Å². The number of rotatable bonds is 4. The summed E-state index contributed by atoms with van der Waals surface area (Å²) >= 11 is 0. The smallest absolute Gasteiger partial charge is 0.246 e. The van der Waals surface area contributed by atoms with Gasteiger partial charge in [-0.2, -0.15) is 0 Å². The molecule has 1 aromatic rings. The minimum absolute atomic E-state index is 0.228. The molecule has 0 bridgehead atoms. The fraction of sp³-hybridized carbons (Fsp3) is 0.438. The Morgan fingerprint density at radius 3 is 2.70 bits per heavy atom. The lowest BCUT2D eigenvalue weighted by Gasteiger charge is -2.27. The maximum Gasteiger partial charge on any atom is 0.246 e. The van der Waals surface area contributed by atoms with Crippen LogP contribution in [0, 0.1) is 5.82 Å². The summed E-state index contributed by atoms with van der Waals surface area (Å²) in [5.74, 6) is -0.581. The Labute approximate surface area is 118 Å². The van der Waals surface area contributed by atoms with E-state index in [9.17, 15) is 14.3 Å². The van der Waals surface area contributed by atoms with E-state index in [0.29, 0.717) is 12.1 Å². The first-order valence-electron chi connectivity index (χ1n) is 6.90. The Hall–Kier alpha value is -1.68. The van der Waals surface area contributed by atoms with Crippen LogP contribution in [0.5, 0.6) is 0 Å². The monoisotopic (exact) mass is 277 g/mol. The molecular weight excluding hydrogens is 257 g/mol. The van der Waals surface area contributed by atoms with E-state index in [1.54, 1.807) is 25.2 Å². The second-order valence-corrected chi connectivity index (χ2v) is 5.48. The summed E-state index contributed by atoms with van der Waals surface area (Å²) in [6.45, 7) is 0.327. The number of nitrogens with zero attached hydrogens (tertiary/aromatic N) is 1. The summed E-state index contributed by atoms with van der Waals surface area (Å²) in [7, 11) is 1.66. The molecule has 0 atom stereocenters. The van der Waals surface area contributed by atoms with Crippen molar-refractivity contribution in [2.75, 3.05) is 13.6 Å². The van der Waals surface area contributed by atoms with E-state index in [1.165, 1.54) is 23.1 Å². The van der Waals surface area contributed by atoms with Crippen LogP contribution >= 0.6 is 0 Å².